The lowest BCUT2D eigenvalue weighted by molar-refractivity contribution is -0.145. The lowest BCUT2D eigenvalue weighted by Gasteiger charge is -2.06. The number of esters is 1. The molecule has 0 saturated heterocycles. The number of carboxylic acid groups (broad SMARTS) is 1. The van der Waals surface area contributed by atoms with Gasteiger partial charge in [0.15, 0.2) is 0 Å². The maximum absolute atomic E-state index is 10.2. The molecule has 16 heavy (non-hydrogen) atoms. The van der Waals surface area contributed by atoms with Gasteiger partial charge in [0, 0.05) is 13.3 Å². The Balaban J connectivity index is 0. The minimum atomic E-state index is -0.695. The van der Waals surface area contributed by atoms with Crippen LogP contribution in [0.1, 0.15) is 53.9 Å². The Labute approximate surface area is 98.0 Å². The first-order chi connectivity index (χ1) is 7.33. The fraction of sp³-hybridized carbons (Fsp3) is 0.833. The van der Waals surface area contributed by atoms with Crippen LogP contribution in [0.5, 0.6) is 0 Å². The number of carbonyl (C=O) groups excluding carboxylic acids is 1. The van der Waals surface area contributed by atoms with E-state index in [2.05, 4.69) is 0 Å². The summed E-state index contributed by atoms with van der Waals surface area (Å²) in [5.41, 5.74) is 0. The van der Waals surface area contributed by atoms with E-state index in [4.69, 9.17) is 9.84 Å². The van der Waals surface area contributed by atoms with Gasteiger partial charge >= 0.3 is 11.9 Å². The highest BCUT2D eigenvalue weighted by atomic mass is 16.5. The van der Waals surface area contributed by atoms with Crippen molar-refractivity contribution < 1.29 is 19.4 Å². The topological polar surface area (TPSA) is 63.6 Å². The molecule has 4 heteroatoms. The van der Waals surface area contributed by atoms with Crippen molar-refractivity contribution in [2.24, 2.45) is 5.92 Å². The molecular weight excluding hydrogens is 208 g/mol. The van der Waals surface area contributed by atoms with Crippen molar-refractivity contribution in [3.8, 4) is 0 Å². The normalized spacial score (nSPS) is 13.1. The molecule has 0 bridgehead atoms. The number of carbonyl (C=O) groups is 2. The van der Waals surface area contributed by atoms with Crippen LogP contribution in [-0.2, 0) is 14.3 Å². The van der Waals surface area contributed by atoms with E-state index < -0.39 is 5.97 Å². The van der Waals surface area contributed by atoms with Crippen LogP contribution in [0.2, 0.25) is 0 Å². The van der Waals surface area contributed by atoms with Crippen molar-refractivity contribution in [2.45, 2.75) is 60.0 Å². The first-order valence-corrected chi connectivity index (χ1v) is 5.72. The Morgan fingerprint density at radius 2 is 1.69 bits per heavy atom. The van der Waals surface area contributed by atoms with Crippen molar-refractivity contribution in [1.82, 2.24) is 0 Å². The highest BCUT2D eigenvalue weighted by Crippen LogP contribution is 2.04. The number of ether oxygens (including phenoxy) is 1. The van der Waals surface area contributed by atoms with Crippen LogP contribution in [0.3, 0.4) is 0 Å². The molecule has 0 aromatic rings. The average Bonchev–Trinajstić information content (AvgIpc) is 2.16. The van der Waals surface area contributed by atoms with Gasteiger partial charge in [-0.15, -0.1) is 0 Å². The molecule has 2 atom stereocenters. The number of rotatable bonds is 5. The Kier molecular flexibility index (Phi) is 11.3. The second-order valence-corrected chi connectivity index (χ2v) is 3.94. The van der Waals surface area contributed by atoms with Gasteiger partial charge in [-0.1, -0.05) is 27.2 Å². The zero-order valence-corrected chi connectivity index (χ0v) is 10.9. The summed E-state index contributed by atoms with van der Waals surface area (Å²) >= 11 is 0. The standard InChI is InChI=1S/2C6H12O2/c1-4-5(2)8-6(3)7;1-3-5(2)4-6(7)8/h5H,4H2,1-3H3;5H,3-4H2,1-2H3,(H,7,8). The second kappa shape index (κ2) is 10.5. The van der Waals surface area contributed by atoms with Gasteiger partial charge in [0.25, 0.3) is 0 Å². The van der Waals surface area contributed by atoms with Crippen LogP contribution in [-0.4, -0.2) is 23.1 Å². The fourth-order valence-electron chi connectivity index (χ4n) is 0.809. The van der Waals surface area contributed by atoms with Crippen LogP contribution in [0.15, 0.2) is 0 Å². The van der Waals surface area contributed by atoms with E-state index in [1.165, 1.54) is 6.92 Å². The van der Waals surface area contributed by atoms with Gasteiger partial charge < -0.3 is 9.84 Å². The highest BCUT2D eigenvalue weighted by molar-refractivity contribution is 5.66. The van der Waals surface area contributed by atoms with Gasteiger partial charge in [0.2, 0.25) is 0 Å². The summed E-state index contributed by atoms with van der Waals surface area (Å²) in [6, 6.07) is 0. The SMILES string of the molecule is CCC(C)CC(=O)O.CCC(C)OC(C)=O. The van der Waals surface area contributed by atoms with Gasteiger partial charge in [-0.3, -0.25) is 9.59 Å². The summed E-state index contributed by atoms with van der Waals surface area (Å²) in [5, 5.41) is 8.22. The molecular formula is C12H24O4. The Morgan fingerprint density at radius 3 is 1.81 bits per heavy atom. The summed E-state index contributed by atoms with van der Waals surface area (Å²) in [7, 11) is 0. The molecule has 0 heterocycles. The predicted molar refractivity (Wildman–Crippen MR) is 63.2 cm³/mol. The van der Waals surface area contributed by atoms with E-state index in [0.717, 1.165) is 12.8 Å². The van der Waals surface area contributed by atoms with Crippen LogP contribution >= 0.6 is 0 Å². The van der Waals surface area contributed by atoms with Gasteiger partial charge in [0.05, 0.1) is 6.10 Å². The maximum Gasteiger partial charge on any atom is 0.303 e. The van der Waals surface area contributed by atoms with Crippen molar-refractivity contribution >= 4 is 11.9 Å². The molecule has 0 aliphatic rings. The molecule has 0 saturated carbocycles. The molecule has 0 spiro atoms. The van der Waals surface area contributed by atoms with E-state index >= 15 is 0 Å². The molecule has 4 nitrogen and oxygen atoms in total. The quantitative estimate of drug-likeness (QED) is 0.740. The van der Waals surface area contributed by atoms with Crippen molar-refractivity contribution in [2.75, 3.05) is 0 Å². The Bertz CT molecular complexity index is 179. The summed E-state index contributed by atoms with van der Waals surface area (Å²) in [6.07, 6.45) is 2.22. The Morgan fingerprint density at radius 1 is 1.19 bits per heavy atom. The van der Waals surface area contributed by atoms with E-state index in [9.17, 15) is 9.59 Å². The third kappa shape index (κ3) is 15.4. The predicted octanol–water partition coefficient (Wildman–Crippen LogP) is 2.86. The first kappa shape index (κ1) is 17.3. The van der Waals surface area contributed by atoms with E-state index in [1.54, 1.807) is 0 Å². The molecule has 0 radical (unpaired) electrons. The molecule has 0 fully saturated rings. The number of carboxylic acids is 1. The summed E-state index contributed by atoms with van der Waals surface area (Å²) in [5.74, 6) is -0.564. The molecule has 1 N–H and O–H groups in total. The third-order valence-electron chi connectivity index (χ3n) is 2.16. The van der Waals surface area contributed by atoms with Crippen LogP contribution in [0.4, 0.5) is 0 Å². The van der Waals surface area contributed by atoms with Crippen LogP contribution in [0.25, 0.3) is 0 Å². The molecule has 2 unspecified atom stereocenters. The van der Waals surface area contributed by atoms with Crippen molar-refractivity contribution in [3.63, 3.8) is 0 Å². The van der Waals surface area contributed by atoms with Crippen LogP contribution < -0.4 is 0 Å². The summed E-state index contributed by atoms with van der Waals surface area (Å²) in [6.45, 7) is 9.21. The maximum atomic E-state index is 10.2. The summed E-state index contributed by atoms with van der Waals surface area (Å²) < 4.78 is 4.76. The van der Waals surface area contributed by atoms with E-state index in [0.29, 0.717) is 12.3 Å². The van der Waals surface area contributed by atoms with Crippen LogP contribution in [0, 0.1) is 5.92 Å². The van der Waals surface area contributed by atoms with E-state index in [1.807, 2.05) is 27.7 Å². The number of hydrogen-bond acceptors (Lipinski definition) is 3. The first-order valence-electron chi connectivity index (χ1n) is 5.72. The third-order valence-corrected chi connectivity index (χ3v) is 2.16. The largest absolute Gasteiger partial charge is 0.481 e. The average molecular weight is 232 g/mol. The summed E-state index contributed by atoms with van der Waals surface area (Å²) in [4.78, 5) is 20.2. The van der Waals surface area contributed by atoms with Crippen molar-refractivity contribution in [1.29, 1.82) is 0 Å². The lowest BCUT2D eigenvalue weighted by atomic mass is 10.1. The zero-order chi connectivity index (χ0) is 13.1. The second-order valence-electron chi connectivity index (χ2n) is 3.94. The Hall–Kier alpha value is -1.06. The number of hydrogen-bond donors (Lipinski definition) is 1. The molecule has 0 aliphatic carbocycles. The van der Waals surface area contributed by atoms with Gasteiger partial charge in [-0.25, -0.2) is 0 Å². The lowest BCUT2D eigenvalue weighted by Crippen LogP contribution is -2.09. The molecule has 0 amide bonds. The van der Waals surface area contributed by atoms with Crippen molar-refractivity contribution in [3.05, 3.63) is 0 Å². The minimum Gasteiger partial charge on any atom is -0.481 e. The molecule has 96 valence electrons. The van der Waals surface area contributed by atoms with Gasteiger partial charge in [0.1, 0.15) is 0 Å². The molecule has 0 aliphatic heterocycles. The highest BCUT2D eigenvalue weighted by Gasteiger charge is 2.02. The smallest absolute Gasteiger partial charge is 0.303 e. The molecule has 0 aromatic heterocycles. The molecule has 0 aromatic carbocycles. The van der Waals surface area contributed by atoms with Gasteiger partial charge in [-0.2, -0.15) is 0 Å². The number of aliphatic carboxylic acids is 1. The fourth-order valence-corrected chi connectivity index (χ4v) is 0.809. The monoisotopic (exact) mass is 232 g/mol. The van der Waals surface area contributed by atoms with Gasteiger partial charge in [-0.05, 0) is 19.3 Å². The van der Waals surface area contributed by atoms with E-state index in [-0.39, 0.29) is 12.1 Å². The molecule has 0 rings (SSSR count). The zero-order valence-electron chi connectivity index (χ0n) is 10.9. The minimum absolute atomic E-state index is 0.0764.